The van der Waals surface area contributed by atoms with Crippen molar-refractivity contribution in [3.05, 3.63) is 97.0 Å². The number of rotatable bonds is 7. The quantitative estimate of drug-likeness (QED) is 0.310. The Bertz CT molecular complexity index is 1410. The van der Waals surface area contributed by atoms with Crippen molar-refractivity contribution in [3.8, 4) is 17.2 Å². The van der Waals surface area contributed by atoms with Crippen LogP contribution in [0.2, 0.25) is 5.02 Å². The molecule has 0 saturated carbocycles. The molecule has 0 fully saturated rings. The number of hydrazone groups is 1. The van der Waals surface area contributed by atoms with Gasteiger partial charge in [0.05, 0.1) is 23.0 Å². The van der Waals surface area contributed by atoms with Gasteiger partial charge in [-0.1, -0.05) is 17.7 Å². The number of nitro groups is 2. The maximum atomic E-state index is 12.3. The lowest BCUT2D eigenvalue weighted by Gasteiger charge is -2.20. The number of amides is 1. The average Bonchev–Trinajstić information content (AvgIpc) is 3.30. The van der Waals surface area contributed by atoms with Crippen molar-refractivity contribution in [1.82, 2.24) is 5.01 Å². The number of nitrogens with zero attached hydrogens (tertiary/aromatic N) is 4. The molecule has 12 nitrogen and oxygen atoms in total. The molecule has 13 heteroatoms. The zero-order chi connectivity index (χ0) is 26.0. The molecule has 1 aliphatic heterocycles. The molecule has 0 aliphatic carbocycles. The van der Waals surface area contributed by atoms with E-state index in [4.69, 9.17) is 25.8 Å². The van der Waals surface area contributed by atoms with E-state index in [-0.39, 0.29) is 29.1 Å². The first-order chi connectivity index (χ1) is 17.2. The van der Waals surface area contributed by atoms with E-state index in [0.717, 1.165) is 23.2 Å². The van der Waals surface area contributed by atoms with Gasteiger partial charge in [-0.3, -0.25) is 25.0 Å². The van der Waals surface area contributed by atoms with Crippen LogP contribution in [0, 0.1) is 20.2 Å². The summed E-state index contributed by atoms with van der Waals surface area (Å²) in [5.74, 6) is -0.132. The van der Waals surface area contributed by atoms with E-state index in [2.05, 4.69) is 5.10 Å². The number of carbonyl (C=O) groups is 1. The molecule has 184 valence electrons. The van der Waals surface area contributed by atoms with Gasteiger partial charge < -0.3 is 14.2 Å². The highest BCUT2D eigenvalue weighted by Crippen LogP contribution is 2.40. The number of nitro benzene ring substituents is 2. The third-order valence-electron chi connectivity index (χ3n) is 5.08. The lowest BCUT2D eigenvalue weighted by molar-refractivity contribution is -0.394. The van der Waals surface area contributed by atoms with Crippen LogP contribution < -0.4 is 9.47 Å². The topological polar surface area (TPSA) is 147 Å². The van der Waals surface area contributed by atoms with Gasteiger partial charge in [-0.25, -0.2) is 0 Å². The minimum absolute atomic E-state index is 0.0987. The molecule has 0 saturated heterocycles. The number of carbonyl (C=O) groups excluding carboxylic acids is 1. The summed E-state index contributed by atoms with van der Waals surface area (Å²) < 4.78 is 17.0. The Morgan fingerprint density at radius 2 is 1.78 bits per heavy atom. The number of non-ortho nitro benzene ring substituents is 1. The molecule has 1 aliphatic rings. The largest absolute Gasteiger partial charge is 0.493 e. The van der Waals surface area contributed by atoms with Crippen molar-refractivity contribution in [1.29, 1.82) is 0 Å². The highest BCUT2D eigenvalue weighted by atomic mass is 35.5. The van der Waals surface area contributed by atoms with Gasteiger partial charge in [0.1, 0.15) is 0 Å². The molecule has 3 aromatic carbocycles. The molecule has 1 unspecified atom stereocenters. The van der Waals surface area contributed by atoms with E-state index in [1.165, 1.54) is 26.2 Å². The number of hydrogen-bond acceptors (Lipinski definition) is 9. The lowest BCUT2D eigenvalue weighted by atomic mass is 10.1. The first kappa shape index (κ1) is 24.4. The highest BCUT2D eigenvalue weighted by molar-refractivity contribution is 6.31. The number of halogens is 1. The maximum Gasteiger partial charge on any atom is 0.318 e. The van der Waals surface area contributed by atoms with Crippen LogP contribution in [0.1, 0.15) is 24.3 Å². The minimum Gasteiger partial charge on any atom is -0.493 e. The molecule has 3 aromatic rings. The van der Waals surface area contributed by atoms with Crippen molar-refractivity contribution in [2.24, 2.45) is 5.10 Å². The Hall–Kier alpha value is -4.71. The highest BCUT2D eigenvalue weighted by Gasteiger charge is 2.34. The smallest absolute Gasteiger partial charge is 0.318 e. The molecule has 0 spiro atoms. The second-order valence-corrected chi connectivity index (χ2v) is 7.86. The van der Waals surface area contributed by atoms with Crippen LogP contribution in [0.25, 0.3) is 0 Å². The summed E-state index contributed by atoms with van der Waals surface area (Å²) in [7, 11) is 1.36. The Labute approximate surface area is 208 Å². The second kappa shape index (κ2) is 9.88. The summed E-state index contributed by atoms with van der Waals surface area (Å²) >= 11 is 6.06. The first-order valence-corrected chi connectivity index (χ1v) is 10.7. The third kappa shape index (κ3) is 4.88. The van der Waals surface area contributed by atoms with Crippen LogP contribution in [0.5, 0.6) is 17.2 Å². The number of benzene rings is 3. The normalized spacial score (nSPS) is 14.6. The fraction of sp³-hybridized carbons (Fsp3) is 0.130. The zero-order valence-electron chi connectivity index (χ0n) is 18.8. The van der Waals surface area contributed by atoms with Crippen LogP contribution >= 0.6 is 11.6 Å². The minimum atomic E-state index is -0.923. The van der Waals surface area contributed by atoms with Gasteiger partial charge in [-0.05, 0) is 42.5 Å². The standard InChI is InChI=1S/C23H17ClN4O8/c1-13(29)26-23(36-22(25-26)14-4-3-5-16(24)10-14)15-6-8-20(21(11-15)34-2)35-19-9-7-17(27(30)31)12-18(19)28(32)33/h3-12,23H,1-2H3. The van der Waals surface area contributed by atoms with Crippen molar-refractivity contribution in [2.75, 3.05) is 7.11 Å². The zero-order valence-corrected chi connectivity index (χ0v) is 19.5. The number of methoxy groups -OCH3 is 1. The van der Waals surface area contributed by atoms with Crippen LogP contribution in [0.3, 0.4) is 0 Å². The molecule has 1 atom stereocenters. The summed E-state index contributed by atoms with van der Waals surface area (Å²) in [5.41, 5.74) is 0.0216. The van der Waals surface area contributed by atoms with Crippen LogP contribution in [-0.4, -0.2) is 33.8 Å². The average molecular weight is 513 g/mol. The maximum absolute atomic E-state index is 12.3. The van der Waals surface area contributed by atoms with Gasteiger partial charge in [0.25, 0.3) is 5.69 Å². The number of ether oxygens (including phenoxy) is 3. The van der Waals surface area contributed by atoms with Gasteiger partial charge in [-0.15, -0.1) is 5.10 Å². The van der Waals surface area contributed by atoms with Crippen molar-refractivity contribution in [2.45, 2.75) is 13.2 Å². The van der Waals surface area contributed by atoms with Gasteiger partial charge >= 0.3 is 5.69 Å². The predicted molar refractivity (Wildman–Crippen MR) is 127 cm³/mol. The molecule has 4 rings (SSSR count). The van der Waals surface area contributed by atoms with Gasteiger partial charge in [0, 0.05) is 29.1 Å². The lowest BCUT2D eigenvalue weighted by Crippen LogP contribution is -2.25. The molecular weight excluding hydrogens is 496 g/mol. The van der Waals surface area contributed by atoms with E-state index >= 15 is 0 Å². The van der Waals surface area contributed by atoms with Gasteiger partial charge in [0.15, 0.2) is 11.5 Å². The van der Waals surface area contributed by atoms with Crippen molar-refractivity contribution < 1.29 is 28.9 Å². The first-order valence-electron chi connectivity index (χ1n) is 10.3. The van der Waals surface area contributed by atoms with Crippen molar-refractivity contribution >= 4 is 34.8 Å². The molecule has 0 radical (unpaired) electrons. The fourth-order valence-corrected chi connectivity index (χ4v) is 3.60. The molecule has 0 aromatic heterocycles. The van der Waals surface area contributed by atoms with Crippen LogP contribution in [0.4, 0.5) is 11.4 Å². The van der Waals surface area contributed by atoms with Gasteiger partial charge in [-0.2, -0.15) is 5.01 Å². The summed E-state index contributed by atoms with van der Waals surface area (Å²) in [5, 5.41) is 28.3. The van der Waals surface area contributed by atoms with Crippen LogP contribution in [-0.2, 0) is 9.53 Å². The summed E-state index contributed by atoms with van der Waals surface area (Å²) in [4.78, 5) is 33.1. The molecule has 1 heterocycles. The Morgan fingerprint density at radius 1 is 1.03 bits per heavy atom. The SMILES string of the molecule is COc1cc(C2OC(c3cccc(Cl)c3)=NN2C(C)=O)ccc1Oc1ccc([N+](=O)[O-])cc1[N+](=O)[O-]. The molecule has 1 amide bonds. The summed E-state index contributed by atoms with van der Waals surface area (Å²) in [6, 6.07) is 14.4. The van der Waals surface area contributed by atoms with Crippen molar-refractivity contribution in [3.63, 3.8) is 0 Å². The van der Waals surface area contributed by atoms with E-state index in [1.807, 2.05) is 0 Å². The molecular formula is C23H17ClN4O8. The monoisotopic (exact) mass is 512 g/mol. The Morgan fingerprint density at radius 3 is 2.42 bits per heavy atom. The molecule has 0 N–H and O–H groups in total. The summed E-state index contributed by atoms with van der Waals surface area (Å²) in [6.07, 6.45) is -0.923. The van der Waals surface area contributed by atoms with E-state index in [0.29, 0.717) is 16.1 Å². The Balaban J connectivity index is 1.65. The molecule has 0 bridgehead atoms. The fourth-order valence-electron chi connectivity index (χ4n) is 3.41. The van der Waals surface area contributed by atoms with E-state index in [1.54, 1.807) is 30.3 Å². The molecule has 36 heavy (non-hydrogen) atoms. The predicted octanol–water partition coefficient (Wildman–Crippen LogP) is 5.20. The van der Waals surface area contributed by atoms with Gasteiger partial charge in [0.2, 0.25) is 23.8 Å². The van der Waals surface area contributed by atoms with Crippen LogP contribution in [0.15, 0.2) is 65.8 Å². The number of hydrogen-bond donors (Lipinski definition) is 0. The third-order valence-corrected chi connectivity index (χ3v) is 5.32. The van der Waals surface area contributed by atoms with E-state index in [9.17, 15) is 25.0 Å². The summed E-state index contributed by atoms with van der Waals surface area (Å²) in [6.45, 7) is 1.34. The van der Waals surface area contributed by atoms with E-state index < -0.39 is 27.4 Å². The second-order valence-electron chi connectivity index (χ2n) is 7.43. The Kier molecular flexibility index (Phi) is 6.70.